The molecule has 0 unspecified atom stereocenters. The highest BCUT2D eigenvalue weighted by Crippen LogP contribution is 2.59. The second kappa shape index (κ2) is 9.95. The number of rotatable bonds is 6. The maximum absolute atomic E-state index is 15.2. The molecule has 7 rings (SSSR count). The summed E-state index contributed by atoms with van der Waals surface area (Å²) in [5.41, 5.74) is 4.09. The molecule has 0 radical (unpaired) electrons. The summed E-state index contributed by atoms with van der Waals surface area (Å²) in [5.74, 6) is -1.12. The Morgan fingerprint density at radius 2 is 1.74 bits per heavy atom. The van der Waals surface area contributed by atoms with Gasteiger partial charge in [-0.3, -0.25) is 14.4 Å². The first-order valence-electron chi connectivity index (χ1n) is 14.1. The van der Waals surface area contributed by atoms with Gasteiger partial charge in [0.1, 0.15) is 23.0 Å². The predicted octanol–water partition coefficient (Wildman–Crippen LogP) is 6.32. The maximum Gasteiger partial charge on any atom is 0.238 e. The number of para-hydroxylation sites is 1. The fraction of sp³-hybridized carbons (Fsp3) is 0.229. The van der Waals surface area contributed by atoms with Crippen molar-refractivity contribution in [3.8, 4) is 11.5 Å². The Labute approximate surface area is 253 Å². The number of allylic oxidation sites excluding steroid dienone is 1. The van der Waals surface area contributed by atoms with Gasteiger partial charge in [-0.05, 0) is 72.8 Å². The highest BCUT2D eigenvalue weighted by molar-refractivity contribution is 7.12. The van der Waals surface area contributed by atoms with E-state index in [2.05, 4.69) is 17.5 Å². The van der Waals surface area contributed by atoms with Gasteiger partial charge in [-0.15, -0.1) is 11.3 Å². The number of ketones is 2. The average molecular weight is 591 g/mol. The first-order chi connectivity index (χ1) is 20.8. The molecule has 43 heavy (non-hydrogen) atoms. The van der Waals surface area contributed by atoms with Crippen molar-refractivity contribution in [2.24, 2.45) is 5.92 Å². The van der Waals surface area contributed by atoms with Gasteiger partial charge in [-0.1, -0.05) is 42.0 Å². The summed E-state index contributed by atoms with van der Waals surface area (Å²) in [6.07, 6.45) is 2.06. The van der Waals surface area contributed by atoms with Crippen LogP contribution in [0.25, 0.3) is 5.57 Å². The van der Waals surface area contributed by atoms with E-state index >= 15 is 4.79 Å². The van der Waals surface area contributed by atoms with Gasteiger partial charge in [0.05, 0.1) is 36.6 Å². The first-order valence-corrected chi connectivity index (χ1v) is 15.0. The number of anilines is 2. The number of amides is 1. The molecular weight excluding hydrogens is 560 g/mol. The van der Waals surface area contributed by atoms with E-state index in [-0.39, 0.29) is 23.0 Å². The topological polar surface area (TPSA) is 84.9 Å². The van der Waals surface area contributed by atoms with E-state index in [1.165, 1.54) is 25.6 Å². The lowest BCUT2D eigenvalue weighted by atomic mass is 9.64. The molecule has 0 aliphatic carbocycles. The van der Waals surface area contributed by atoms with Crippen LogP contribution in [0.15, 0.2) is 84.3 Å². The molecule has 8 heteroatoms. The molecule has 7 nitrogen and oxygen atoms in total. The molecule has 1 spiro atoms. The largest absolute Gasteiger partial charge is 0.497 e. The summed E-state index contributed by atoms with van der Waals surface area (Å²) in [6, 6.07) is 20.7. The van der Waals surface area contributed by atoms with Crippen molar-refractivity contribution in [2.45, 2.75) is 31.3 Å². The minimum absolute atomic E-state index is 0.200. The summed E-state index contributed by atoms with van der Waals surface area (Å²) in [4.78, 5) is 47.0. The Morgan fingerprint density at radius 3 is 2.49 bits per heavy atom. The third kappa shape index (κ3) is 3.75. The fourth-order valence-electron chi connectivity index (χ4n) is 7.28. The standard InChI is InChI=1S/C35H30N2O5S/c1-19-11-13-26-22(16-19)20(2)17-29-35(24-8-5-6-9-25(24)36-34(35)40)30(31(37(26)29)33(39)28-10-7-15-43-28)32(38)23-18-21(41-3)12-14-27(23)42-4/h5-18,29-31H,1-4H3,(H,36,40)/t29-,30+,31-,35+/m0/s1. The molecular formula is C35H30N2O5S. The number of carbonyl (C=O) groups excluding carboxylic acids is 3. The Balaban J connectivity index is 1.57. The van der Waals surface area contributed by atoms with Crippen LogP contribution in [0, 0.1) is 12.8 Å². The van der Waals surface area contributed by atoms with Crippen LogP contribution >= 0.6 is 11.3 Å². The van der Waals surface area contributed by atoms with Crippen molar-refractivity contribution >= 4 is 45.8 Å². The maximum atomic E-state index is 15.2. The van der Waals surface area contributed by atoms with E-state index in [0.717, 1.165) is 22.4 Å². The number of hydrogen-bond donors (Lipinski definition) is 1. The molecule has 0 bridgehead atoms. The zero-order chi connectivity index (χ0) is 30.0. The van der Waals surface area contributed by atoms with Gasteiger partial charge in [0.2, 0.25) is 5.91 Å². The summed E-state index contributed by atoms with van der Waals surface area (Å²) in [5, 5.41) is 4.93. The summed E-state index contributed by atoms with van der Waals surface area (Å²) in [6.45, 7) is 4.06. The fourth-order valence-corrected chi connectivity index (χ4v) is 7.98. The van der Waals surface area contributed by atoms with Crippen molar-refractivity contribution < 1.29 is 23.9 Å². The molecule has 4 aromatic rings. The Kier molecular flexibility index (Phi) is 6.29. The molecule has 4 atom stereocenters. The second-order valence-corrected chi connectivity index (χ2v) is 12.2. The monoisotopic (exact) mass is 590 g/mol. The minimum atomic E-state index is -1.40. The lowest BCUT2D eigenvalue weighted by Crippen LogP contribution is -2.51. The minimum Gasteiger partial charge on any atom is -0.497 e. The van der Waals surface area contributed by atoms with Crippen molar-refractivity contribution in [2.75, 3.05) is 24.4 Å². The van der Waals surface area contributed by atoms with Gasteiger partial charge in [0, 0.05) is 16.9 Å². The lowest BCUT2D eigenvalue weighted by Gasteiger charge is -2.39. The van der Waals surface area contributed by atoms with Crippen LogP contribution in [0.4, 0.5) is 11.4 Å². The molecule has 4 heterocycles. The van der Waals surface area contributed by atoms with Crippen LogP contribution < -0.4 is 19.7 Å². The lowest BCUT2D eigenvalue weighted by molar-refractivity contribution is -0.121. The third-order valence-electron chi connectivity index (χ3n) is 9.12. The van der Waals surface area contributed by atoms with Crippen molar-refractivity contribution in [3.63, 3.8) is 0 Å². The third-order valence-corrected chi connectivity index (χ3v) is 10.0. The number of methoxy groups -OCH3 is 2. The normalized spacial score (nSPS) is 23.3. The molecule has 3 aliphatic heterocycles. The van der Waals surface area contributed by atoms with Crippen LogP contribution in [-0.4, -0.2) is 43.8 Å². The summed E-state index contributed by atoms with van der Waals surface area (Å²) in [7, 11) is 3.03. The average Bonchev–Trinajstić information content (AvgIpc) is 3.73. The predicted molar refractivity (Wildman–Crippen MR) is 168 cm³/mol. The Hall–Kier alpha value is -4.69. The van der Waals surface area contributed by atoms with E-state index in [1.54, 1.807) is 24.3 Å². The van der Waals surface area contributed by atoms with E-state index in [1.807, 2.05) is 66.6 Å². The highest BCUT2D eigenvalue weighted by atomic mass is 32.1. The number of fused-ring (bicyclic) bond motifs is 6. The number of nitrogens with one attached hydrogen (secondary N) is 1. The van der Waals surface area contributed by atoms with Gasteiger partial charge in [-0.2, -0.15) is 0 Å². The number of thiophene rings is 1. The Bertz CT molecular complexity index is 1840. The number of ether oxygens (including phenoxy) is 2. The molecule has 1 N–H and O–H groups in total. The van der Waals surface area contributed by atoms with E-state index < -0.39 is 23.4 Å². The van der Waals surface area contributed by atoms with Crippen LogP contribution in [0.2, 0.25) is 0 Å². The molecule has 1 saturated heterocycles. The molecule has 0 saturated carbocycles. The summed E-state index contributed by atoms with van der Waals surface area (Å²) < 4.78 is 11.1. The van der Waals surface area contributed by atoms with E-state index in [0.29, 0.717) is 27.6 Å². The quantitative estimate of drug-likeness (QED) is 0.265. The van der Waals surface area contributed by atoms with Crippen LogP contribution in [0.3, 0.4) is 0 Å². The molecule has 3 aliphatic rings. The van der Waals surface area contributed by atoms with Crippen LogP contribution in [0.1, 0.15) is 43.6 Å². The number of Topliss-reactive ketones (excluding diaryl/α,β-unsaturated/α-hetero) is 2. The van der Waals surface area contributed by atoms with Gasteiger partial charge in [0.25, 0.3) is 0 Å². The van der Waals surface area contributed by atoms with Gasteiger partial charge >= 0.3 is 0 Å². The zero-order valence-corrected chi connectivity index (χ0v) is 25.0. The van der Waals surface area contributed by atoms with Crippen molar-refractivity contribution in [1.82, 2.24) is 0 Å². The van der Waals surface area contributed by atoms with E-state index in [9.17, 15) is 9.59 Å². The number of nitrogens with zero attached hydrogens (tertiary/aromatic N) is 1. The van der Waals surface area contributed by atoms with Crippen LogP contribution in [0.5, 0.6) is 11.5 Å². The van der Waals surface area contributed by atoms with Gasteiger partial charge in [-0.25, -0.2) is 0 Å². The molecule has 1 amide bonds. The molecule has 3 aromatic carbocycles. The van der Waals surface area contributed by atoms with Gasteiger partial charge in [0.15, 0.2) is 11.6 Å². The first kappa shape index (κ1) is 27.2. The molecule has 1 fully saturated rings. The number of carbonyl (C=O) groups is 3. The number of benzene rings is 3. The van der Waals surface area contributed by atoms with Crippen molar-refractivity contribution in [1.29, 1.82) is 0 Å². The van der Waals surface area contributed by atoms with E-state index in [4.69, 9.17) is 9.47 Å². The number of aryl methyl sites for hydroxylation is 1. The SMILES string of the molecule is COc1ccc(OC)c(C(=O)[C@H]2[C@@H](C(=O)c3cccs3)N3c4ccc(C)cc4C(C)=C[C@H]3[C@@]23C(=O)Nc2ccccc23)c1. The zero-order valence-electron chi connectivity index (χ0n) is 24.2. The highest BCUT2D eigenvalue weighted by Gasteiger charge is 2.70. The van der Waals surface area contributed by atoms with Crippen LogP contribution in [-0.2, 0) is 10.2 Å². The molecule has 1 aromatic heterocycles. The molecule has 216 valence electrons. The number of hydrogen-bond acceptors (Lipinski definition) is 7. The Morgan fingerprint density at radius 1 is 0.930 bits per heavy atom. The second-order valence-electron chi connectivity index (χ2n) is 11.3. The van der Waals surface area contributed by atoms with Crippen molar-refractivity contribution in [3.05, 3.63) is 111 Å². The summed E-state index contributed by atoms with van der Waals surface area (Å²) >= 11 is 1.33. The smallest absolute Gasteiger partial charge is 0.238 e. The van der Waals surface area contributed by atoms with Gasteiger partial charge < -0.3 is 19.7 Å².